The Hall–Kier alpha value is -0.830. The molecule has 2 aromatic carbocycles. The molecule has 0 amide bonds. The van der Waals surface area contributed by atoms with E-state index in [1.807, 2.05) is 18.2 Å². The molecule has 2 aromatic rings. The van der Waals surface area contributed by atoms with E-state index in [1.54, 1.807) is 0 Å². The fourth-order valence-corrected chi connectivity index (χ4v) is 2.98. The van der Waals surface area contributed by atoms with Crippen LogP contribution in [0.25, 0.3) is 0 Å². The molecule has 112 valence electrons. The molecule has 0 bridgehead atoms. The van der Waals surface area contributed by atoms with Gasteiger partial charge in [0, 0.05) is 9.50 Å². The Morgan fingerprint density at radius 3 is 2.33 bits per heavy atom. The van der Waals surface area contributed by atoms with Gasteiger partial charge < -0.3 is 5.32 Å². The topological polar surface area (TPSA) is 12.0 Å². The van der Waals surface area contributed by atoms with Gasteiger partial charge in [0.1, 0.15) is 0 Å². The summed E-state index contributed by atoms with van der Waals surface area (Å²) in [5, 5.41) is 4.41. The molecule has 3 heteroatoms. The zero-order chi connectivity index (χ0) is 15.4. The molecule has 0 radical (unpaired) electrons. The van der Waals surface area contributed by atoms with E-state index in [-0.39, 0.29) is 6.04 Å². The van der Waals surface area contributed by atoms with Gasteiger partial charge in [0.05, 0.1) is 6.04 Å². The van der Waals surface area contributed by atoms with E-state index in [0.717, 1.165) is 18.0 Å². The molecule has 1 unspecified atom stereocenters. The average molecular weight is 367 g/mol. The van der Waals surface area contributed by atoms with Crippen LogP contribution in [0.3, 0.4) is 0 Å². The van der Waals surface area contributed by atoms with Crippen molar-refractivity contribution < 1.29 is 0 Å². The van der Waals surface area contributed by atoms with E-state index >= 15 is 0 Å². The minimum absolute atomic E-state index is 0.175. The summed E-state index contributed by atoms with van der Waals surface area (Å²) in [6, 6.07) is 12.8. The standard InChI is InChI=1S/C18H21BrClN/c1-4-8-21-18(14-6-5-7-16(20)11-14)15-9-12(2)17(19)13(3)10-15/h5-7,9-11,18,21H,4,8H2,1-3H3. The number of hydrogen-bond donors (Lipinski definition) is 1. The Morgan fingerprint density at radius 2 is 1.76 bits per heavy atom. The molecule has 1 nitrogen and oxygen atoms in total. The lowest BCUT2D eigenvalue weighted by atomic mass is 9.95. The van der Waals surface area contributed by atoms with Gasteiger partial charge in [-0.3, -0.25) is 0 Å². The van der Waals surface area contributed by atoms with Crippen molar-refractivity contribution in [3.05, 3.63) is 68.1 Å². The maximum atomic E-state index is 6.16. The molecular weight excluding hydrogens is 346 g/mol. The maximum absolute atomic E-state index is 6.16. The summed E-state index contributed by atoms with van der Waals surface area (Å²) in [5.74, 6) is 0. The average Bonchev–Trinajstić information content (AvgIpc) is 2.45. The first-order valence-corrected chi connectivity index (χ1v) is 8.45. The zero-order valence-corrected chi connectivity index (χ0v) is 15.1. The second kappa shape index (κ2) is 7.44. The smallest absolute Gasteiger partial charge is 0.0577 e. The molecule has 21 heavy (non-hydrogen) atoms. The Balaban J connectivity index is 2.45. The molecular formula is C18H21BrClN. The fourth-order valence-electron chi connectivity index (χ4n) is 2.55. The first kappa shape index (κ1) is 16.5. The van der Waals surface area contributed by atoms with Crippen molar-refractivity contribution in [3.8, 4) is 0 Å². The van der Waals surface area contributed by atoms with Crippen molar-refractivity contribution in [2.24, 2.45) is 0 Å². The normalized spacial score (nSPS) is 12.4. The SMILES string of the molecule is CCCNC(c1cccc(Cl)c1)c1cc(C)c(Br)c(C)c1. The van der Waals surface area contributed by atoms with Crippen LogP contribution in [0.15, 0.2) is 40.9 Å². The van der Waals surface area contributed by atoms with E-state index in [2.05, 4.69) is 60.2 Å². The lowest BCUT2D eigenvalue weighted by molar-refractivity contribution is 0.598. The van der Waals surface area contributed by atoms with Gasteiger partial charge in [-0.15, -0.1) is 0 Å². The number of halogens is 2. The molecule has 0 saturated carbocycles. The highest BCUT2D eigenvalue weighted by molar-refractivity contribution is 9.10. The predicted octanol–water partition coefficient (Wildman–Crippen LogP) is 5.81. The maximum Gasteiger partial charge on any atom is 0.0577 e. The van der Waals surface area contributed by atoms with Crippen LogP contribution in [-0.4, -0.2) is 6.54 Å². The van der Waals surface area contributed by atoms with Gasteiger partial charge in [-0.2, -0.15) is 0 Å². The van der Waals surface area contributed by atoms with Crippen molar-refractivity contribution >= 4 is 27.5 Å². The second-order valence-corrected chi connectivity index (χ2v) is 6.64. The molecule has 0 aliphatic carbocycles. The summed E-state index contributed by atoms with van der Waals surface area (Å²) >= 11 is 9.80. The third-order valence-electron chi connectivity index (χ3n) is 3.57. The minimum atomic E-state index is 0.175. The molecule has 0 saturated heterocycles. The van der Waals surface area contributed by atoms with Gasteiger partial charge in [-0.25, -0.2) is 0 Å². The predicted molar refractivity (Wildman–Crippen MR) is 95.2 cm³/mol. The fraction of sp³-hybridized carbons (Fsp3) is 0.333. The van der Waals surface area contributed by atoms with Gasteiger partial charge in [0.25, 0.3) is 0 Å². The highest BCUT2D eigenvalue weighted by Crippen LogP contribution is 2.30. The van der Waals surface area contributed by atoms with Crippen LogP contribution >= 0.6 is 27.5 Å². The van der Waals surface area contributed by atoms with Crippen LogP contribution in [0.1, 0.15) is 41.6 Å². The van der Waals surface area contributed by atoms with Crippen molar-refractivity contribution in [1.29, 1.82) is 0 Å². The monoisotopic (exact) mass is 365 g/mol. The highest BCUT2D eigenvalue weighted by atomic mass is 79.9. The van der Waals surface area contributed by atoms with Gasteiger partial charge in [0.2, 0.25) is 0 Å². The van der Waals surface area contributed by atoms with Crippen LogP contribution in [0.5, 0.6) is 0 Å². The van der Waals surface area contributed by atoms with Crippen LogP contribution < -0.4 is 5.32 Å². The van der Waals surface area contributed by atoms with Gasteiger partial charge in [-0.05, 0) is 61.2 Å². The van der Waals surface area contributed by atoms with Gasteiger partial charge in [0.15, 0.2) is 0 Å². The number of nitrogens with one attached hydrogen (secondary N) is 1. The third kappa shape index (κ3) is 4.09. The van der Waals surface area contributed by atoms with Gasteiger partial charge in [-0.1, -0.05) is 58.7 Å². The summed E-state index contributed by atoms with van der Waals surface area (Å²) in [6.07, 6.45) is 1.10. The van der Waals surface area contributed by atoms with Crippen molar-refractivity contribution in [2.75, 3.05) is 6.54 Å². The molecule has 0 aliphatic heterocycles. The molecule has 0 spiro atoms. The van der Waals surface area contributed by atoms with E-state index in [4.69, 9.17) is 11.6 Å². The summed E-state index contributed by atoms with van der Waals surface area (Å²) < 4.78 is 1.19. The number of rotatable bonds is 5. The zero-order valence-electron chi connectivity index (χ0n) is 12.7. The largest absolute Gasteiger partial charge is 0.306 e. The van der Waals surface area contributed by atoms with Gasteiger partial charge >= 0.3 is 0 Å². The van der Waals surface area contributed by atoms with E-state index in [0.29, 0.717) is 0 Å². The molecule has 1 N–H and O–H groups in total. The minimum Gasteiger partial charge on any atom is -0.306 e. The molecule has 0 heterocycles. The molecule has 2 rings (SSSR count). The van der Waals surface area contributed by atoms with Crippen LogP contribution in [0.2, 0.25) is 5.02 Å². The first-order chi connectivity index (χ1) is 10.0. The Morgan fingerprint density at radius 1 is 1.10 bits per heavy atom. The van der Waals surface area contributed by atoms with E-state index in [9.17, 15) is 0 Å². The molecule has 1 atom stereocenters. The van der Waals surface area contributed by atoms with Crippen molar-refractivity contribution in [2.45, 2.75) is 33.2 Å². The number of hydrogen-bond acceptors (Lipinski definition) is 1. The Bertz CT molecular complexity index is 601. The molecule has 0 fully saturated rings. The van der Waals surface area contributed by atoms with Crippen LogP contribution in [0.4, 0.5) is 0 Å². The Kier molecular flexibility index (Phi) is 5.86. The lowest BCUT2D eigenvalue weighted by Crippen LogP contribution is -2.23. The highest BCUT2D eigenvalue weighted by Gasteiger charge is 2.15. The van der Waals surface area contributed by atoms with Crippen LogP contribution in [-0.2, 0) is 0 Å². The summed E-state index contributed by atoms with van der Waals surface area (Å²) in [5.41, 5.74) is 5.01. The summed E-state index contributed by atoms with van der Waals surface area (Å²) in [7, 11) is 0. The molecule has 0 aromatic heterocycles. The first-order valence-electron chi connectivity index (χ1n) is 7.28. The molecule has 0 aliphatic rings. The van der Waals surface area contributed by atoms with Crippen LogP contribution in [0, 0.1) is 13.8 Å². The number of aryl methyl sites for hydroxylation is 2. The van der Waals surface area contributed by atoms with Crippen molar-refractivity contribution in [1.82, 2.24) is 5.32 Å². The van der Waals surface area contributed by atoms with E-state index in [1.165, 1.54) is 26.7 Å². The van der Waals surface area contributed by atoms with E-state index < -0.39 is 0 Å². The summed E-state index contributed by atoms with van der Waals surface area (Å²) in [6.45, 7) is 7.43. The number of benzene rings is 2. The second-order valence-electron chi connectivity index (χ2n) is 5.41. The van der Waals surface area contributed by atoms with Crippen molar-refractivity contribution in [3.63, 3.8) is 0 Å². The summed E-state index contributed by atoms with van der Waals surface area (Å²) in [4.78, 5) is 0. The third-order valence-corrected chi connectivity index (χ3v) is 5.06. The quantitative estimate of drug-likeness (QED) is 0.704. The Labute approximate surface area is 140 Å². The lowest BCUT2D eigenvalue weighted by Gasteiger charge is -2.21.